The van der Waals surface area contributed by atoms with Gasteiger partial charge in [-0.15, -0.1) is 0 Å². The molecule has 7 heteroatoms. The number of aromatic nitrogens is 1. The van der Waals surface area contributed by atoms with Crippen molar-refractivity contribution in [3.63, 3.8) is 0 Å². The first-order chi connectivity index (χ1) is 13.6. The van der Waals surface area contributed by atoms with Crippen LogP contribution in [0.2, 0.25) is 0 Å². The zero-order valence-electron chi connectivity index (χ0n) is 16.1. The Bertz CT molecular complexity index is 968. The number of methoxy groups -OCH3 is 1. The Morgan fingerprint density at radius 3 is 2.54 bits per heavy atom. The summed E-state index contributed by atoms with van der Waals surface area (Å²) in [6, 6.07) is 10.0. The van der Waals surface area contributed by atoms with E-state index < -0.39 is 0 Å². The first-order valence-electron chi connectivity index (χ1n) is 9.16. The third kappa shape index (κ3) is 4.73. The number of fused-ring (bicyclic) bond motifs is 1. The second-order valence-electron chi connectivity index (χ2n) is 6.42. The van der Waals surface area contributed by atoms with Gasteiger partial charge < -0.3 is 25.5 Å². The fraction of sp³-hybridized carbons (Fsp3) is 0.286. The molecule has 0 aliphatic rings. The Morgan fingerprint density at radius 1 is 1.11 bits per heavy atom. The molecule has 2 aromatic carbocycles. The molecule has 0 spiro atoms. The number of nitrogens with one attached hydrogen (secondary N) is 3. The van der Waals surface area contributed by atoms with Crippen LogP contribution in [0.5, 0.6) is 11.5 Å². The van der Waals surface area contributed by atoms with Gasteiger partial charge in [0.1, 0.15) is 17.3 Å². The highest BCUT2D eigenvalue weighted by Crippen LogP contribution is 2.23. The summed E-state index contributed by atoms with van der Waals surface area (Å²) in [7, 11) is 3.28. The van der Waals surface area contributed by atoms with Crippen LogP contribution in [-0.4, -0.2) is 43.3 Å². The highest BCUT2D eigenvalue weighted by atomic mass is 19.1. The van der Waals surface area contributed by atoms with Crippen LogP contribution in [0.15, 0.2) is 47.6 Å². The Balaban J connectivity index is 1.47. The molecule has 0 amide bonds. The maximum atomic E-state index is 13.5. The minimum Gasteiger partial charge on any atom is -0.508 e. The molecule has 0 fully saturated rings. The van der Waals surface area contributed by atoms with Crippen LogP contribution < -0.4 is 15.4 Å². The molecular formula is C21H25FN4O2. The molecule has 148 valence electrons. The number of ether oxygens (including phenoxy) is 1. The Hall–Kier alpha value is -3.22. The molecule has 3 rings (SSSR count). The molecular weight excluding hydrogens is 359 g/mol. The van der Waals surface area contributed by atoms with E-state index >= 15 is 0 Å². The zero-order chi connectivity index (χ0) is 19.9. The van der Waals surface area contributed by atoms with Crippen molar-refractivity contribution < 1.29 is 14.2 Å². The SMILES string of the molecule is CN=C(NCCc1ccc(OC)cc1O)NCCc1c[nH]c2ccc(F)cc12. The number of aromatic amines is 1. The van der Waals surface area contributed by atoms with E-state index in [1.165, 1.54) is 6.07 Å². The molecule has 0 bridgehead atoms. The molecule has 0 saturated carbocycles. The van der Waals surface area contributed by atoms with Crippen molar-refractivity contribution in [2.75, 3.05) is 27.2 Å². The van der Waals surface area contributed by atoms with Crippen LogP contribution in [0, 0.1) is 5.82 Å². The third-order valence-corrected chi connectivity index (χ3v) is 4.62. The standard InChI is InChI=1S/C21H25FN4O2/c1-23-21(24-9-7-14-3-5-17(28-2)12-20(14)27)25-10-8-15-13-26-19-6-4-16(22)11-18(15)19/h3-6,11-13,26-27H,7-10H2,1-2H3,(H2,23,24,25). The normalized spacial score (nSPS) is 11.6. The molecule has 0 saturated heterocycles. The van der Waals surface area contributed by atoms with Gasteiger partial charge in [0, 0.05) is 43.3 Å². The van der Waals surface area contributed by atoms with Crippen LogP contribution in [0.4, 0.5) is 4.39 Å². The molecule has 0 unspecified atom stereocenters. The predicted octanol–water partition coefficient (Wildman–Crippen LogP) is 2.97. The summed E-state index contributed by atoms with van der Waals surface area (Å²) in [5.41, 5.74) is 2.82. The number of phenolic OH excluding ortho intramolecular Hbond substituents is 1. The van der Waals surface area contributed by atoms with Gasteiger partial charge in [0.25, 0.3) is 0 Å². The maximum Gasteiger partial charge on any atom is 0.190 e. The van der Waals surface area contributed by atoms with E-state index in [4.69, 9.17) is 4.74 Å². The lowest BCUT2D eigenvalue weighted by Gasteiger charge is -2.12. The van der Waals surface area contributed by atoms with Crippen LogP contribution in [0.3, 0.4) is 0 Å². The van der Waals surface area contributed by atoms with Crippen LogP contribution >= 0.6 is 0 Å². The molecule has 28 heavy (non-hydrogen) atoms. The van der Waals surface area contributed by atoms with Gasteiger partial charge >= 0.3 is 0 Å². The summed E-state index contributed by atoms with van der Waals surface area (Å²) in [5.74, 6) is 1.29. The molecule has 6 nitrogen and oxygen atoms in total. The van der Waals surface area contributed by atoms with Crippen molar-refractivity contribution in [1.29, 1.82) is 0 Å². The van der Waals surface area contributed by atoms with E-state index in [0.717, 1.165) is 28.5 Å². The van der Waals surface area contributed by atoms with E-state index in [9.17, 15) is 9.50 Å². The minimum atomic E-state index is -0.236. The highest BCUT2D eigenvalue weighted by Gasteiger charge is 2.06. The quantitative estimate of drug-likeness (QED) is 0.373. The number of guanidine groups is 1. The van der Waals surface area contributed by atoms with E-state index in [0.29, 0.717) is 31.2 Å². The average molecular weight is 384 g/mol. The molecule has 3 aromatic rings. The summed E-state index contributed by atoms with van der Waals surface area (Å²) in [5, 5.41) is 17.4. The van der Waals surface area contributed by atoms with Gasteiger partial charge in [-0.3, -0.25) is 4.99 Å². The van der Waals surface area contributed by atoms with Crippen molar-refractivity contribution in [2.45, 2.75) is 12.8 Å². The maximum absolute atomic E-state index is 13.5. The Kier molecular flexibility index (Phi) is 6.37. The van der Waals surface area contributed by atoms with Crippen molar-refractivity contribution in [2.24, 2.45) is 4.99 Å². The number of nitrogens with zero attached hydrogens (tertiary/aromatic N) is 1. The third-order valence-electron chi connectivity index (χ3n) is 4.62. The van der Waals surface area contributed by atoms with Crippen LogP contribution in [-0.2, 0) is 12.8 Å². The summed E-state index contributed by atoms with van der Waals surface area (Å²) < 4.78 is 18.6. The summed E-state index contributed by atoms with van der Waals surface area (Å²) in [4.78, 5) is 7.37. The topological polar surface area (TPSA) is 81.7 Å². The van der Waals surface area contributed by atoms with Gasteiger partial charge in [-0.2, -0.15) is 0 Å². The van der Waals surface area contributed by atoms with E-state index in [-0.39, 0.29) is 11.6 Å². The van der Waals surface area contributed by atoms with Gasteiger partial charge in [-0.25, -0.2) is 4.39 Å². The number of benzene rings is 2. The minimum absolute atomic E-state index is 0.218. The summed E-state index contributed by atoms with van der Waals surface area (Å²) >= 11 is 0. The number of rotatable bonds is 7. The van der Waals surface area contributed by atoms with E-state index in [1.54, 1.807) is 32.4 Å². The molecule has 1 heterocycles. The first-order valence-corrected chi connectivity index (χ1v) is 9.16. The lowest BCUT2D eigenvalue weighted by atomic mass is 10.1. The number of phenols is 1. The Labute approximate surface area is 163 Å². The zero-order valence-corrected chi connectivity index (χ0v) is 16.1. The van der Waals surface area contributed by atoms with Crippen molar-refractivity contribution in [3.8, 4) is 11.5 Å². The Morgan fingerprint density at radius 2 is 1.86 bits per heavy atom. The van der Waals surface area contributed by atoms with Crippen LogP contribution in [0.1, 0.15) is 11.1 Å². The monoisotopic (exact) mass is 384 g/mol. The molecule has 1 aromatic heterocycles. The molecule has 0 atom stereocenters. The molecule has 4 N–H and O–H groups in total. The number of hydrogen-bond acceptors (Lipinski definition) is 3. The largest absolute Gasteiger partial charge is 0.508 e. The fourth-order valence-electron chi connectivity index (χ4n) is 3.09. The highest BCUT2D eigenvalue weighted by molar-refractivity contribution is 5.83. The first kappa shape index (κ1) is 19.5. The van der Waals surface area contributed by atoms with Crippen molar-refractivity contribution in [1.82, 2.24) is 15.6 Å². The van der Waals surface area contributed by atoms with Gasteiger partial charge in [0.05, 0.1) is 7.11 Å². The number of halogens is 1. The number of H-pyrrole nitrogens is 1. The second-order valence-corrected chi connectivity index (χ2v) is 6.42. The summed E-state index contributed by atoms with van der Waals surface area (Å²) in [6.07, 6.45) is 3.30. The van der Waals surface area contributed by atoms with Crippen molar-refractivity contribution >= 4 is 16.9 Å². The van der Waals surface area contributed by atoms with E-state index in [2.05, 4.69) is 20.6 Å². The van der Waals surface area contributed by atoms with Gasteiger partial charge in [0.15, 0.2) is 5.96 Å². The lowest BCUT2D eigenvalue weighted by Crippen LogP contribution is -2.39. The smallest absolute Gasteiger partial charge is 0.190 e. The number of hydrogen-bond donors (Lipinski definition) is 4. The fourth-order valence-corrected chi connectivity index (χ4v) is 3.09. The summed E-state index contributed by atoms with van der Waals surface area (Å²) in [6.45, 7) is 1.29. The lowest BCUT2D eigenvalue weighted by molar-refractivity contribution is 0.406. The van der Waals surface area contributed by atoms with Gasteiger partial charge in [0.2, 0.25) is 0 Å². The van der Waals surface area contributed by atoms with Crippen LogP contribution in [0.25, 0.3) is 10.9 Å². The molecule has 0 aliphatic heterocycles. The number of aliphatic imine (C=N–C) groups is 1. The average Bonchev–Trinajstić information content (AvgIpc) is 3.09. The predicted molar refractivity (Wildman–Crippen MR) is 110 cm³/mol. The van der Waals surface area contributed by atoms with Gasteiger partial charge in [-0.05, 0) is 48.2 Å². The molecule has 0 aliphatic carbocycles. The number of aromatic hydroxyl groups is 1. The second kappa shape index (κ2) is 9.12. The van der Waals surface area contributed by atoms with Crippen molar-refractivity contribution in [3.05, 3.63) is 59.5 Å². The molecule has 0 radical (unpaired) electrons. The van der Waals surface area contributed by atoms with Gasteiger partial charge in [-0.1, -0.05) is 6.07 Å². The van der Waals surface area contributed by atoms with E-state index in [1.807, 2.05) is 18.3 Å².